The Morgan fingerprint density at radius 1 is 1.61 bits per heavy atom. The third kappa shape index (κ3) is 2.88. The van der Waals surface area contributed by atoms with Crippen LogP contribution in [-0.2, 0) is 19.9 Å². The molecule has 6 heteroatoms. The van der Waals surface area contributed by atoms with E-state index in [2.05, 4.69) is 31.0 Å². The largest absolute Gasteiger partial charge is 0.467 e. The van der Waals surface area contributed by atoms with Crippen LogP contribution in [0.5, 0.6) is 0 Å². The van der Waals surface area contributed by atoms with Gasteiger partial charge in [0.2, 0.25) is 0 Å². The number of nitrogens with zero attached hydrogens (tertiary/aromatic N) is 1. The standard InChI is InChI=1S/C12H15BrN2O3/c1-17-11(16)7-18-12(4-5-14-8-12)10-3-2-9(13)6-15-10/h2-3,6,14H,4-5,7-8H2,1H3. The van der Waals surface area contributed by atoms with Gasteiger partial charge in [0, 0.05) is 17.2 Å². The number of ether oxygens (including phenoxy) is 2. The first-order chi connectivity index (χ1) is 8.66. The summed E-state index contributed by atoms with van der Waals surface area (Å²) in [5, 5.41) is 3.24. The van der Waals surface area contributed by atoms with Crippen molar-refractivity contribution < 1.29 is 14.3 Å². The molecule has 1 fully saturated rings. The van der Waals surface area contributed by atoms with Crippen LogP contribution in [0.3, 0.4) is 0 Å². The van der Waals surface area contributed by atoms with E-state index < -0.39 is 5.60 Å². The van der Waals surface area contributed by atoms with E-state index in [1.807, 2.05) is 12.1 Å². The van der Waals surface area contributed by atoms with E-state index in [0.717, 1.165) is 23.1 Å². The van der Waals surface area contributed by atoms with Gasteiger partial charge >= 0.3 is 5.97 Å². The third-order valence-electron chi connectivity index (χ3n) is 3.00. The molecule has 1 aromatic heterocycles. The average molecular weight is 315 g/mol. The molecule has 0 aromatic carbocycles. The Bertz CT molecular complexity index is 416. The Morgan fingerprint density at radius 2 is 2.44 bits per heavy atom. The number of esters is 1. The molecule has 1 aliphatic rings. The number of nitrogens with one attached hydrogen (secondary N) is 1. The fourth-order valence-corrected chi connectivity index (χ4v) is 2.22. The molecule has 1 atom stereocenters. The number of hydrogen-bond donors (Lipinski definition) is 1. The Morgan fingerprint density at radius 3 is 3.00 bits per heavy atom. The topological polar surface area (TPSA) is 60.5 Å². The predicted molar refractivity (Wildman–Crippen MR) is 69.1 cm³/mol. The molecule has 0 saturated carbocycles. The van der Waals surface area contributed by atoms with E-state index in [1.54, 1.807) is 6.20 Å². The van der Waals surface area contributed by atoms with Gasteiger partial charge in [0.15, 0.2) is 0 Å². The van der Waals surface area contributed by atoms with Gasteiger partial charge in [-0.1, -0.05) is 0 Å². The molecule has 0 aliphatic carbocycles. The average Bonchev–Trinajstić information content (AvgIpc) is 2.87. The Balaban J connectivity index is 2.16. The van der Waals surface area contributed by atoms with Crippen molar-refractivity contribution in [3.63, 3.8) is 0 Å². The van der Waals surface area contributed by atoms with Crippen molar-refractivity contribution >= 4 is 21.9 Å². The molecule has 2 rings (SSSR count). The molecule has 2 heterocycles. The quantitative estimate of drug-likeness (QED) is 0.847. The minimum Gasteiger partial charge on any atom is -0.467 e. The molecule has 5 nitrogen and oxygen atoms in total. The van der Waals surface area contributed by atoms with Crippen LogP contribution in [0.2, 0.25) is 0 Å². The first-order valence-corrected chi connectivity index (χ1v) is 6.49. The van der Waals surface area contributed by atoms with Crippen molar-refractivity contribution in [3.8, 4) is 0 Å². The summed E-state index contributed by atoms with van der Waals surface area (Å²) in [4.78, 5) is 15.6. The number of carbonyl (C=O) groups excluding carboxylic acids is 1. The summed E-state index contributed by atoms with van der Waals surface area (Å²) in [6.07, 6.45) is 2.52. The van der Waals surface area contributed by atoms with Crippen molar-refractivity contribution in [2.75, 3.05) is 26.8 Å². The first-order valence-electron chi connectivity index (χ1n) is 5.70. The zero-order valence-electron chi connectivity index (χ0n) is 10.1. The lowest BCUT2D eigenvalue weighted by molar-refractivity contribution is -0.153. The summed E-state index contributed by atoms with van der Waals surface area (Å²) < 4.78 is 11.3. The summed E-state index contributed by atoms with van der Waals surface area (Å²) in [6.45, 7) is 1.44. The molecule has 0 spiro atoms. The molecule has 1 aromatic rings. The van der Waals surface area contributed by atoms with E-state index in [4.69, 9.17) is 4.74 Å². The van der Waals surface area contributed by atoms with Crippen LogP contribution in [0.25, 0.3) is 0 Å². The number of hydrogen-bond acceptors (Lipinski definition) is 5. The fraction of sp³-hybridized carbons (Fsp3) is 0.500. The molecule has 1 unspecified atom stereocenters. The van der Waals surface area contributed by atoms with Crippen molar-refractivity contribution in [2.45, 2.75) is 12.0 Å². The molecular weight excluding hydrogens is 300 g/mol. The molecule has 0 amide bonds. The van der Waals surface area contributed by atoms with Gasteiger partial charge in [-0.2, -0.15) is 0 Å². The van der Waals surface area contributed by atoms with E-state index in [0.29, 0.717) is 6.54 Å². The molecule has 1 aliphatic heterocycles. The van der Waals surface area contributed by atoms with Crippen LogP contribution in [0, 0.1) is 0 Å². The monoisotopic (exact) mass is 314 g/mol. The van der Waals surface area contributed by atoms with Crippen LogP contribution < -0.4 is 5.32 Å². The highest BCUT2D eigenvalue weighted by atomic mass is 79.9. The van der Waals surface area contributed by atoms with Crippen LogP contribution in [-0.4, -0.2) is 37.8 Å². The Labute approximate surface area is 114 Å². The number of pyridine rings is 1. The van der Waals surface area contributed by atoms with Crippen LogP contribution in [0.4, 0.5) is 0 Å². The summed E-state index contributed by atoms with van der Waals surface area (Å²) >= 11 is 3.35. The summed E-state index contributed by atoms with van der Waals surface area (Å²) in [7, 11) is 1.35. The lowest BCUT2D eigenvalue weighted by Gasteiger charge is -2.27. The number of halogens is 1. The second-order valence-electron chi connectivity index (χ2n) is 4.15. The molecule has 18 heavy (non-hydrogen) atoms. The maximum Gasteiger partial charge on any atom is 0.331 e. The maximum atomic E-state index is 11.2. The smallest absolute Gasteiger partial charge is 0.331 e. The molecule has 0 radical (unpaired) electrons. The zero-order chi connectivity index (χ0) is 13.0. The highest BCUT2D eigenvalue weighted by Crippen LogP contribution is 2.31. The van der Waals surface area contributed by atoms with E-state index in [1.165, 1.54) is 7.11 Å². The lowest BCUT2D eigenvalue weighted by atomic mass is 9.98. The second-order valence-corrected chi connectivity index (χ2v) is 5.06. The molecular formula is C12H15BrN2O3. The highest BCUT2D eigenvalue weighted by molar-refractivity contribution is 9.10. The lowest BCUT2D eigenvalue weighted by Crippen LogP contribution is -2.35. The summed E-state index contributed by atoms with van der Waals surface area (Å²) in [5.74, 6) is -0.376. The fourth-order valence-electron chi connectivity index (χ4n) is 1.99. The Kier molecular flexibility index (Phi) is 4.31. The summed E-state index contributed by atoms with van der Waals surface area (Å²) in [6, 6.07) is 3.83. The van der Waals surface area contributed by atoms with Crippen molar-refractivity contribution in [2.24, 2.45) is 0 Å². The van der Waals surface area contributed by atoms with E-state index in [-0.39, 0.29) is 12.6 Å². The molecule has 98 valence electrons. The normalized spacial score (nSPS) is 23.0. The van der Waals surface area contributed by atoms with E-state index >= 15 is 0 Å². The predicted octanol–water partition coefficient (Wildman–Crippen LogP) is 1.22. The first kappa shape index (κ1) is 13.5. The van der Waals surface area contributed by atoms with Gasteiger partial charge in [0.1, 0.15) is 12.2 Å². The van der Waals surface area contributed by atoms with Gasteiger partial charge < -0.3 is 14.8 Å². The van der Waals surface area contributed by atoms with Crippen LogP contribution >= 0.6 is 15.9 Å². The van der Waals surface area contributed by atoms with Crippen molar-refractivity contribution in [3.05, 3.63) is 28.5 Å². The minimum atomic E-state index is -0.533. The van der Waals surface area contributed by atoms with E-state index in [9.17, 15) is 4.79 Å². The summed E-state index contributed by atoms with van der Waals surface area (Å²) in [5.41, 5.74) is 0.300. The van der Waals surface area contributed by atoms with Gasteiger partial charge in [-0.25, -0.2) is 4.79 Å². The minimum absolute atomic E-state index is 0.0596. The van der Waals surface area contributed by atoms with Gasteiger partial charge in [0.25, 0.3) is 0 Å². The third-order valence-corrected chi connectivity index (χ3v) is 3.47. The van der Waals surface area contributed by atoms with Gasteiger partial charge in [-0.3, -0.25) is 4.98 Å². The number of carbonyl (C=O) groups is 1. The highest BCUT2D eigenvalue weighted by Gasteiger charge is 2.38. The van der Waals surface area contributed by atoms with Crippen LogP contribution in [0.1, 0.15) is 12.1 Å². The van der Waals surface area contributed by atoms with Crippen molar-refractivity contribution in [1.82, 2.24) is 10.3 Å². The maximum absolute atomic E-state index is 11.2. The molecule has 1 N–H and O–H groups in total. The molecule has 1 saturated heterocycles. The number of aromatic nitrogens is 1. The number of methoxy groups -OCH3 is 1. The van der Waals surface area contributed by atoms with Crippen LogP contribution in [0.15, 0.2) is 22.8 Å². The van der Waals surface area contributed by atoms with Crippen molar-refractivity contribution in [1.29, 1.82) is 0 Å². The van der Waals surface area contributed by atoms with Gasteiger partial charge in [-0.15, -0.1) is 0 Å². The van der Waals surface area contributed by atoms with Gasteiger partial charge in [-0.05, 0) is 41.0 Å². The zero-order valence-corrected chi connectivity index (χ0v) is 11.7. The van der Waals surface area contributed by atoms with Gasteiger partial charge in [0.05, 0.1) is 12.8 Å². The SMILES string of the molecule is COC(=O)COC1(c2ccc(Br)cn2)CCNC1. The Hall–Kier alpha value is -0.980. The molecule has 0 bridgehead atoms. The second kappa shape index (κ2) is 5.77. The number of rotatable bonds is 4.